The highest BCUT2D eigenvalue weighted by atomic mass is 15.3. The second kappa shape index (κ2) is 3.66. The fraction of sp³-hybridized carbons (Fsp3) is 0. The van der Waals surface area contributed by atoms with E-state index in [0.29, 0.717) is 0 Å². The van der Waals surface area contributed by atoms with E-state index in [1.165, 1.54) is 0 Å². The number of nitrogens with zero attached hydrogens (tertiary/aromatic N) is 3. The molecule has 0 atom stereocenters. The van der Waals surface area contributed by atoms with Crippen LogP contribution in [-0.4, -0.2) is 19.7 Å². The van der Waals surface area contributed by atoms with Crippen LogP contribution in [0.25, 0.3) is 17.1 Å². The van der Waals surface area contributed by atoms with Crippen LogP contribution in [0.15, 0.2) is 48.8 Å². The first kappa shape index (κ1) is 8.91. The topological polar surface area (TPSA) is 46.5 Å². The Kier molecular flexibility index (Phi) is 2.04. The molecule has 0 amide bonds. The van der Waals surface area contributed by atoms with Crippen molar-refractivity contribution in [3.8, 4) is 17.1 Å². The normalized spacial score (nSPS) is 10.5. The third kappa shape index (κ3) is 1.50. The molecule has 1 aromatic carbocycles. The molecular weight excluding hydrogens is 200 g/mol. The van der Waals surface area contributed by atoms with Crippen LogP contribution in [0.5, 0.6) is 0 Å². The van der Waals surface area contributed by atoms with Gasteiger partial charge >= 0.3 is 0 Å². The fourth-order valence-electron chi connectivity index (χ4n) is 1.54. The summed E-state index contributed by atoms with van der Waals surface area (Å²) in [6, 6.07) is 11.9. The summed E-state index contributed by atoms with van der Waals surface area (Å²) in [5.41, 5.74) is 2.67. The maximum atomic E-state index is 4.44. The van der Waals surface area contributed by atoms with E-state index in [1.807, 2.05) is 47.3 Å². The van der Waals surface area contributed by atoms with Crippen molar-refractivity contribution in [2.24, 2.45) is 0 Å². The third-order valence-corrected chi connectivity index (χ3v) is 2.32. The lowest BCUT2D eigenvalue weighted by atomic mass is 10.3. The number of aromatic nitrogens is 4. The van der Waals surface area contributed by atoms with Gasteiger partial charge in [0.2, 0.25) is 0 Å². The van der Waals surface area contributed by atoms with E-state index in [9.17, 15) is 0 Å². The van der Waals surface area contributed by atoms with E-state index in [-0.39, 0.29) is 0 Å². The molecule has 0 saturated carbocycles. The zero-order chi connectivity index (χ0) is 10.8. The molecule has 1 radical (unpaired) electrons. The lowest BCUT2D eigenvalue weighted by Crippen LogP contribution is -1.93. The molecule has 2 aromatic heterocycles. The maximum absolute atomic E-state index is 4.44. The fourth-order valence-corrected chi connectivity index (χ4v) is 1.54. The number of rotatable bonds is 2. The standard InChI is InChI=1S/C12H9N4/c1-2-4-10(5-3-1)16-7-6-11(15-16)12-8-13-9-14-12/h1-8H,(H,13,14). The lowest BCUT2D eigenvalue weighted by molar-refractivity contribution is 0.883. The summed E-state index contributed by atoms with van der Waals surface area (Å²) in [4.78, 5) is 6.83. The first-order valence-electron chi connectivity index (χ1n) is 4.96. The van der Waals surface area contributed by atoms with Crippen LogP contribution in [0.2, 0.25) is 0 Å². The quantitative estimate of drug-likeness (QED) is 0.702. The Morgan fingerprint density at radius 2 is 1.94 bits per heavy atom. The summed E-state index contributed by atoms with van der Waals surface area (Å²) in [5.74, 6) is 0. The van der Waals surface area contributed by atoms with Gasteiger partial charge in [-0.2, -0.15) is 5.10 Å². The van der Waals surface area contributed by atoms with E-state index < -0.39 is 0 Å². The summed E-state index contributed by atoms with van der Waals surface area (Å²) in [7, 11) is 0. The van der Waals surface area contributed by atoms with Crippen LogP contribution in [0, 0.1) is 6.33 Å². The van der Waals surface area contributed by atoms with Gasteiger partial charge in [0, 0.05) is 12.4 Å². The molecule has 1 N–H and O–H groups in total. The average molecular weight is 209 g/mol. The van der Waals surface area contributed by atoms with Crippen LogP contribution < -0.4 is 0 Å². The van der Waals surface area contributed by atoms with Gasteiger partial charge in [-0.15, -0.1) is 0 Å². The van der Waals surface area contributed by atoms with Gasteiger partial charge in [-0.25, -0.2) is 9.67 Å². The predicted octanol–water partition coefficient (Wildman–Crippen LogP) is 2.06. The molecule has 16 heavy (non-hydrogen) atoms. The van der Waals surface area contributed by atoms with Gasteiger partial charge in [0.05, 0.1) is 5.69 Å². The van der Waals surface area contributed by atoms with Crippen LogP contribution in [0.1, 0.15) is 0 Å². The van der Waals surface area contributed by atoms with Gasteiger partial charge < -0.3 is 4.98 Å². The maximum Gasteiger partial charge on any atom is 0.174 e. The molecule has 3 aromatic rings. The summed E-state index contributed by atoms with van der Waals surface area (Å²) >= 11 is 0. The number of benzene rings is 1. The highest BCUT2D eigenvalue weighted by Gasteiger charge is 2.04. The minimum atomic E-state index is 0.801. The second-order valence-corrected chi connectivity index (χ2v) is 3.38. The molecule has 0 bridgehead atoms. The van der Waals surface area contributed by atoms with Crippen molar-refractivity contribution < 1.29 is 0 Å². The Morgan fingerprint density at radius 3 is 2.69 bits per heavy atom. The number of hydrogen-bond acceptors (Lipinski definition) is 2. The highest BCUT2D eigenvalue weighted by Crippen LogP contribution is 2.14. The minimum Gasteiger partial charge on any atom is -0.341 e. The average Bonchev–Trinajstić information content (AvgIpc) is 3.01. The lowest BCUT2D eigenvalue weighted by Gasteiger charge is -1.98. The minimum absolute atomic E-state index is 0.801. The number of nitrogens with one attached hydrogen (secondary N) is 1. The second-order valence-electron chi connectivity index (χ2n) is 3.38. The smallest absolute Gasteiger partial charge is 0.174 e. The van der Waals surface area contributed by atoms with Gasteiger partial charge in [-0.3, -0.25) is 0 Å². The highest BCUT2D eigenvalue weighted by molar-refractivity contribution is 5.52. The molecule has 0 saturated heterocycles. The number of aromatic amines is 1. The number of hydrogen-bond donors (Lipinski definition) is 1. The first-order chi connectivity index (χ1) is 7.93. The zero-order valence-corrected chi connectivity index (χ0v) is 8.46. The Hall–Kier alpha value is -2.36. The molecule has 0 aliphatic heterocycles. The SMILES string of the molecule is [c]1nc(-c2ccn(-c3ccccc3)n2)c[nH]1. The summed E-state index contributed by atoms with van der Waals surface area (Å²) in [6.45, 7) is 0. The number of para-hydroxylation sites is 1. The van der Waals surface area contributed by atoms with Crippen molar-refractivity contribution in [2.75, 3.05) is 0 Å². The number of imidazole rings is 1. The molecule has 0 spiro atoms. The molecule has 4 heteroatoms. The summed E-state index contributed by atoms with van der Waals surface area (Å²) in [5, 5.41) is 4.44. The van der Waals surface area contributed by atoms with Crippen molar-refractivity contribution in [3.05, 3.63) is 55.1 Å². The monoisotopic (exact) mass is 209 g/mol. The molecule has 2 heterocycles. The molecule has 4 nitrogen and oxygen atoms in total. The Labute approximate surface area is 92.6 Å². The molecule has 77 valence electrons. The van der Waals surface area contributed by atoms with Crippen molar-refractivity contribution in [1.82, 2.24) is 19.7 Å². The summed E-state index contributed by atoms with van der Waals surface area (Å²) in [6.07, 6.45) is 6.34. The molecule has 0 fully saturated rings. The number of H-pyrrole nitrogens is 1. The van der Waals surface area contributed by atoms with Crippen LogP contribution in [-0.2, 0) is 0 Å². The van der Waals surface area contributed by atoms with Crippen molar-refractivity contribution >= 4 is 0 Å². The van der Waals surface area contributed by atoms with Crippen LogP contribution in [0.4, 0.5) is 0 Å². The molecule has 0 aliphatic carbocycles. The van der Waals surface area contributed by atoms with E-state index in [4.69, 9.17) is 0 Å². The van der Waals surface area contributed by atoms with Crippen molar-refractivity contribution in [1.29, 1.82) is 0 Å². The Morgan fingerprint density at radius 1 is 1.06 bits per heavy atom. The summed E-state index contributed by atoms with van der Waals surface area (Å²) < 4.78 is 1.82. The predicted molar refractivity (Wildman–Crippen MR) is 60.0 cm³/mol. The van der Waals surface area contributed by atoms with Crippen LogP contribution >= 0.6 is 0 Å². The largest absolute Gasteiger partial charge is 0.341 e. The van der Waals surface area contributed by atoms with E-state index >= 15 is 0 Å². The van der Waals surface area contributed by atoms with Gasteiger partial charge in [0.15, 0.2) is 6.33 Å². The molecule has 0 aliphatic rings. The Bertz CT molecular complexity index is 566. The van der Waals surface area contributed by atoms with E-state index in [1.54, 1.807) is 6.20 Å². The molecule has 0 unspecified atom stereocenters. The first-order valence-corrected chi connectivity index (χ1v) is 4.96. The zero-order valence-electron chi connectivity index (χ0n) is 8.46. The molecule has 3 rings (SSSR count). The van der Waals surface area contributed by atoms with Crippen molar-refractivity contribution in [2.45, 2.75) is 0 Å². The molecular formula is C12H9N4. The van der Waals surface area contributed by atoms with Gasteiger partial charge in [0.25, 0.3) is 0 Å². The van der Waals surface area contributed by atoms with Crippen molar-refractivity contribution in [3.63, 3.8) is 0 Å². The van der Waals surface area contributed by atoms with E-state index in [2.05, 4.69) is 21.4 Å². The van der Waals surface area contributed by atoms with Gasteiger partial charge in [-0.05, 0) is 18.2 Å². The van der Waals surface area contributed by atoms with E-state index in [0.717, 1.165) is 17.1 Å². The van der Waals surface area contributed by atoms with Gasteiger partial charge in [0.1, 0.15) is 11.4 Å². The Balaban J connectivity index is 2.00. The third-order valence-electron chi connectivity index (χ3n) is 2.32. The van der Waals surface area contributed by atoms with Gasteiger partial charge in [-0.1, -0.05) is 18.2 Å². The van der Waals surface area contributed by atoms with Crippen LogP contribution in [0.3, 0.4) is 0 Å².